The van der Waals surface area contributed by atoms with E-state index in [-0.39, 0.29) is 0 Å². The number of thiazole rings is 1. The van der Waals surface area contributed by atoms with Crippen molar-refractivity contribution in [3.05, 3.63) is 51.0 Å². The monoisotopic (exact) mass is 302 g/mol. The molecule has 2 aromatic rings. The zero-order valence-electron chi connectivity index (χ0n) is 13.6. The molecule has 0 spiro atoms. The van der Waals surface area contributed by atoms with E-state index in [9.17, 15) is 0 Å². The quantitative estimate of drug-likeness (QED) is 0.808. The molecule has 1 atom stereocenters. The molecule has 2 rings (SSSR count). The van der Waals surface area contributed by atoms with Crippen molar-refractivity contribution in [1.82, 2.24) is 10.3 Å². The van der Waals surface area contributed by atoms with Crippen molar-refractivity contribution in [3.8, 4) is 0 Å². The molecule has 1 N–H and O–H groups in total. The number of nitrogens with zero attached hydrogens (tertiary/aromatic N) is 1. The van der Waals surface area contributed by atoms with Crippen LogP contribution < -0.4 is 5.32 Å². The van der Waals surface area contributed by atoms with Crippen molar-refractivity contribution in [2.75, 3.05) is 6.54 Å². The van der Waals surface area contributed by atoms with Crippen molar-refractivity contribution in [3.63, 3.8) is 0 Å². The SMILES string of the molecule is CCCNC(Cc1nc(C)c(C)s1)c1ccccc1CC. The average Bonchev–Trinajstić information content (AvgIpc) is 2.81. The molecule has 0 saturated heterocycles. The van der Waals surface area contributed by atoms with Crippen LogP contribution in [0.15, 0.2) is 24.3 Å². The second-order valence-electron chi connectivity index (χ2n) is 5.51. The maximum Gasteiger partial charge on any atom is 0.0949 e. The first kappa shape index (κ1) is 16.2. The Morgan fingerprint density at radius 2 is 1.95 bits per heavy atom. The summed E-state index contributed by atoms with van der Waals surface area (Å²) in [6.07, 6.45) is 3.22. The van der Waals surface area contributed by atoms with Crippen LogP contribution in [0.3, 0.4) is 0 Å². The first-order chi connectivity index (χ1) is 10.2. The largest absolute Gasteiger partial charge is 0.310 e. The van der Waals surface area contributed by atoms with Gasteiger partial charge < -0.3 is 5.32 Å². The van der Waals surface area contributed by atoms with Crippen molar-refractivity contribution in [2.45, 2.75) is 53.0 Å². The minimum atomic E-state index is 0.367. The van der Waals surface area contributed by atoms with Crippen LogP contribution in [-0.4, -0.2) is 11.5 Å². The number of rotatable bonds is 7. The summed E-state index contributed by atoms with van der Waals surface area (Å²) >= 11 is 1.83. The zero-order valence-corrected chi connectivity index (χ0v) is 14.4. The van der Waals surface area contributed by atoms with Gasteiger partial charge in [-0.3, -0.25) is 0 Å². The predicted octanol–water partition coefficient (Wildman–Crippen LogP) is 4.61. The van der Waals surface area contributed by atoms with E-state index < -0.39 is 0 Å². The summed E-state index contributed by atoms with van der Waals surface area (Å²) < 4.78 is 0. The van der Waals surface area contributed by atoms with Crippen LogP contribution in [0, 0.1) is 13.8 Å². The molecule has 0 aliphatic heterocycles. The Balaban J connectivity index is 2.25. The molecule has 0 aliphatic rings. The van der Waals surface area contributed by atoms with Gasteiger partial charge in [0, 0.05) is 17.3 Å². The topological polar surface area (TPSA) is 24.9 Å². The number of aryl methyl sites for hydroxylation is 3. The van der Waals surface area contributed by atoms with Crippen LogP contribution >= 0.6 is 11.3 Å². The van der Waals surface area contributed by atoms with Gasteiger partial charge >= 0.3 is 0 Å². The Bertz CT molecular complexity index is 555. The first-order valence-corrected chi connectivity index (χ1v) is 8.71. The van der Waals surface area contributed by atoms with Gasteiger partial charge in [-0.1, -0.05) is 38.1 Å². The van der Waals surface area contributed by atoms with Crippen LogP contribution in [0.25, 0.3) is 0 Å². The molecule has 1 aromatic carbocycles. The Kier molecular flexibility index (Phi) is 5.95. The summed E-state index contributed by atoms with van der Waals surface area (Å²) in [6, 6.07) is 9.16. The first-order valence-electron chi connectivity index (χ1n) is 7.89. The van der Waals surface area contributed by atoms with Crippen LogP contribution in [0.5, 0.6) is 0 Å². The minimum absolute atomic E-state index is 0.367. The van der Waals surface area contributed by atoms with Gasteiger partial charge in [0.05, 0.1) is 10.7 Å². The third-order valence-electron chi connectivity index (χ3n) is 3.90. The lowest BCUT2D eigenvalue weighted by Gasteiger charge is -2.20. The summed E-state index contributed by atoms with van der Waals surface area (Å²) in [5, 5.41) is 4.94. The minimum Gasteiger partial charge on any atom is -0.310 e. The van der Waals surface area contributed by atoms with Gasteiger partial charge in [0.25, 0.3) is 0 Å². The van der Waals surface area contributed by atoms with Gasteiger partial charge in [-0.05, 0) is 44.4 Å². The van der Waals surface area contributed by atoms with Crippen LogP contribution in [0.1, 0.15) is 53.0 Å². The highest BCUT2D eigenvalue weighted by molar-refractivity contribution is 7.11. The summed E-state index contributed by atoms with van der Waals surface area (Å²) in [5.74, 6) is 0. The Hall–Kier alpha value is -1.19. The van der Waals surface area contributed by atoms with Crippen molar-refractivity contribution >= 4 is 11.3 Å². The highest BCUT2D eigenvalue weighted by Crippen LogP contribution is 2.26. The smallest absolute Gasteiger partial charge is 0.0949 e. The fourth-order valence-corrected chi connectivity index (χ4v) is 3.59. The van der Waals surface area contributed by atoms with E-state index >= 15 is 0 Å². The Morgan fingerprint density at radius 1 is 1.19 bits per heavy atom. The normalized spacial score (nSPS) is 12.6. The Labute approximate surface area is 132 Å². The second-order valence-corrected chi connectivity index (χ2v) is 6.80. The van der Waals surface area contributed by atoms with Crippen LogP contribution in [0.2, 0.25) is 0 Å². The standard InChI is InChI=1S/C18H26N2S/c1-5-11-19-17(12-18-20-13(3)14(4)21-18)16-10-8-7-9-15(16)6-2/h7-10,17,19H,5-6,11-12H2,1-4H3. The van der Waals surface area contributed by atoms with Gasteiger partial charge in [-0.15, -0.1) is 11.3 Å². The molecule has 1 heterocycles. The molecule has 1 unspecified atom stereocenters. The summed E-state index contributed by atoms with van der Waals surface area (Å²) in [7, 11) is 0. The second kappa shape index (κ2) is 7.71. The highest BCUT2D eigenvalue weighted by atomic mass is 32.1. The fourth-order valence-electron chi connectivity index (χ4n) is 2.61. The maximum absolute atomic E-state index is 4.72. The molecule has 0 radical (unpaired) electrons. The molecule has 3 heteroatoms. The summed E-state index contributed by atoms with van der Waals surface area (Å²) in [6.45, 7) is 9.75. The third-order valence-corrected chi connectivity index (χ3v) is 5.00. The number of benzene rings is 1. The van der Waals surface area contributed by atoms with Crippen LogP contribution in [0.4, 0.5) is 0 Å². The zero-order chi connectivity index (χ0) is 15.2. The van der Waals surface area contributed by atoms with Gasteiger partial charge in [-0.2, -0.15) is 0 Å². The number of aromatic nitrogens is 1. The lowest BCUT2D eigenvalue weighted by molar-refractivity contribution is 0.524. The van der Waals surface area contributed by atoms with E-state index in [1.807, 2.05) is 11.3 Å². The Morgan fingerprint density at radius 3 is 2.57 bits per heavy atom. The molecule has 1 aromatic heterocycles. The molecule has 0 fully saturated rings. The molecule has 0 saturated carbocycles. The van der Waals surface area contributed by atoms with Gasteiger partial charge in [0.1, 0.15) is 0 Å². The molecule has 21 heavy (non-hydrogen) atoms. The van der Waals surface area contributed by atoms with E-state index in [0.29, 0.717) is 6.04 Å². The van der Waals surface area contributed by atoms with E-state index in [4.69, 9.17) is 4.98 Å². The number of nitrogens with one attached hydrogen (secondary N) is 1. The van der Waals surface area contributed by atoms with Crippen molar-refractivity contribution in [1.29, 1.82) is 0 Å². The van der Waals surface area contributed by atoms with Crippen LogP contribution in [-0.2, 0) is 12.8 Å². The summed E-state index contributed by atoms with van der Waals surface area (Å²) in [4.78, 5) is 6.05. The molecule has 2 nitrogen and oxygen atoms in total. The van der Waals surface area contributed by atoms with E-state index in [1.54, 1.807) is 0 Å². The van der Waals surface area contributed by atoms with E-state index in [2.05, 4.69) is 57.3 Å². The van der Waals surface area contributed by atoms with Crippen molar-refractivity contribution < 1.29 is 0 Å². The molecule has 0 aliphatic carbocycles. The van der Waals surface area contributed by atoms with Gasteiger partial charge in [-0.25, -0.2) is 4.98 Å². The lowest BCUT2D eigenvalue weighted by Crippen LogP contribution is -2.25. The average molecular weight is 302 g/mol. The van der Waals surface area contributed by atoms with Gasteiger partial charge in [0.2, 0.25) is 0 Å². The predicted molar refractivity (Wildman–Crippen MR) is 92.1 cm³/mol. The maximum atomic E-state index is 4.72. The third kappa shape index (κ3) is 4.14. The molecular formula is C18H26N2S. The fraction of sp³-hybridized carbons (Fsp3) is 0.500. The van der Waals surface area contributed by atoms with Crippen molar-refractivity contribution in [2.24, 2.45) is 0 Å². The number of hydrogen-bond donors (Lipinski definition) is 1. The van der Waals surface area contributed by atoms with E-state index in [0.717, 1.165) is 25.8 Å². The summed E-state index contributed by atoms with van der Waals surface area (Å²) in [5.41, 5.74) is 4.04. The number of hydrogen-bond acceptors (Lipinski definition) is 3. The van der Waals surface area contributed by atoms with E-state index in [1.165, 1.54) is 26.7 Å². The molecule has 0 bridgehead atoms. The van der Waals surface area contributed by atoms with Gasteiger partial charge in [0.15, 0.2) is 0 Å². The molecular weight excluding hydrogens is 276 g/mol. The molecule has 114 valence electrons. The lowest BCUT2D eigenvalue weighted by atomic mass is 9.96. The molecule has 0 amide bonds. The highest BCUT2D eigenvalue weighted by Gasteiger charge is 2.16.